The number of fused-ring (bicyclic) bond motifs is 1. The zero-order chi connectivity index (χ0) is 11.1. The Labute approximate surface area is 90.9 Å². The molecule has 1 aromatic carbocycles. The van der Waals surface area contributed by atoms with Crippen molar-refractivity contribution in [3.63, 3.8) is 0 Å². The van der Waals surface area contributed by atoms with E-state index in [-0.39, 0.29) is 0 Å². The summed E-state index contributed by atoms with van der Waals surface area (Å²) in [6, 6.07) is 6.25. The average molecular weight is 206 g/mol. The smallest absolute Gasteiger partial charge is 0.122 e. The fourth-order valence-electron chi connectivity index (χ4n) is 2.17. The first-order chi connectivity index (χ1) is 6.96. The summed E-state index contributed by atoms with van der Waals surface area (Å²) in [6.45, 7) is 6.48. The van der Waals surface area contributed by atoms with Crippen LogP contribution in [0.5, 0.6) is 5.75 Å². The van der Waals surface area contributed by atoms with Crippen LogP contribution < -0.4 is 4.74 Å². The SMILES string of the molecule is Cc1ccc2c(c1)C(CC(C)(C)O)CO2. The molecule has 1 aliphatic rings. The Hall–Kier alpha value is -1.02. The van der Waals surface area contributed by atoms with E-state index in [4.69, 9.17) is 4.74 Å². The molecule has 0 radical (unpaired) electrons. The van der Waals surface area contributed by atoms with Crippen molar-refractivity contribution >= 4 is 0 Å². The van der Waals surface area contributed by atoms with Crippen molar-refractivity contribution in [2.45, 2.75) is 38.7 Å². The molecule has 0 amide bonds. The van der Waals surface area contributed by atoms with Crippen molar-refractivity contribution in [3.05, 3.63) is 29.3 Å². The van der Waals surface area contributed by atoms with Gasteiger partial charge >= 0.3 is 0 Å². The van der Waals surface area contributed by atoms with Crippen molar-refractivity contribution in [1.82, 2.24) is 0 Å². The monoisotopic (exact) mass is 206 g/mol. The summed E-state index contributed by atoms with van der Waals surface area (Å²) in [5, 5.41) is 9.82. The van der Waals surface area contributed by atoms with Crippen molar-refractivity contribution in [2.24, 2.45) is 0 Å². The van der Waals surface area contributed by atoms with Crippen molar-refractivity contribution < 1.29 is 9.84 Å². The molecule has 82 valence electrons. The fourth-order valence-corrected chi connectivity index (χ4v) is 2.17. The van der Waals surface area contributed by atoms with E-state index in [1.54, 1.807) is 0 Å². The lowest BCUT2D eigenvalue weighted by Gasteiger charge is -2.21. The minimum absolute atomic E-state index is 0.333. The lowest BCUT2D eigenvalue weighted by atomic mass is 9.89. The Kier molecular flexibility index (Phi) is 2.47. The Morgan fingerprint density at radius 1 is 1.47 bits per heavy atom. The molecular weight excluding hydrogens is 188 g/mol. The van der Waals surface area contributed by atoms with Crippen molar-refractivity contribution in [3.8, 4) is 5.75 Å². The second-order valence-electron chi connectivity index (χ2n) is 5.07. The standard InChI is InChI=1S/C13H18O2/c1-9-4-5-12-11(6-9)10(8-15-12)7-13(2,3)14/h4-6,10,14H,7-8H2,1-3H3. The maximum atomic E-state index is 9.82. The quantitative estimate of drug-likeness (QED) is 0.806. The molecule has 2 heteroatoms. The number of benzene rings is 1. The number of ether oxygens (including phenoxy) is 1. The van der Waals surface area contributed by atoms with Gasteiger partial charge in [0.25, 0.3) is 0 Å². The van der Waals surface area contributed by atoms with Crippen LogP contribution in [0.3, 0.4) is 0 Å². The third-order valence-electron chi connectivity index (χ3n) is 2.79. The molecule has 1 unspecified atom stereocenters. The topological polar surface area (TPSA) is 29.5 Å². The molecule has 0 spiro atoms. The summed E-state index contributed by atoms with van der Waals surface area (Å²) in [6.07, 6.45) is 0.753. The molecule has 0 aromatic heterocycles. The number of aryl methyl sites for hydroxylation is 1. The molecule has 0 bridgehead atoms. The van der Waals surface area contributed by atoms with Gasteiger partial charge in [0, 0.05) is 11.5 Å². The summed E-state index contributed by atoms with van der Waals surface area (Å²) in [4.78, 5) is 0. The Morgan fingerprint density at radius 2 is 2.20 bits per heavy atom. The molecule has 0 saturated carbocycles. The van der Waals surface area contributed by atoms with Gasteiger partial charge in [0.2, 0.25) is 0 Å². The number of rotatable bonds is 2. The van der Waals surface area contributed by atoms with E-state index in [1.807, 2.05) is 19.9 Å². The lowest BCUT2D eigenvalue weighted by molar-refractivity contribution is 0.0602. The molecule has 1 aromatic rings. The minimum Gasteiger partial charge on any atom is -0.493 e. The summed E-state index contributed by atoms with van der Waals surface area (Å²) >= 11 is 0. The lowest BCUT2D eigenvalue weighted by Crippen LogP contribution is -2.22. The van der Waals surface area contributed by atoms with Crippen LogP contribution in [-0.2, 0) is 0 Å². The van der Waals surface area contributed by atoms with Crippen LogP contribution in [0, 0.1) is 6.92 Å². The highest BCUT2D eigenvalue weighted by atomic mass is 16.5. The number of aliphatic hydroxyl groups is 1. The van der Waals surface area contributed by atoms with Crippen LogP contribution in [0.1, 0.15) is 37.3 Å². The molecule has 0 saturated heterocycles. The van der Waals surface area contributed by atoms with E-state index in [0.717, 1.165) is 12.2 Å². The van der Waals surface area contributed by atoms with Crippen LogP contribution >= 0.6 is 0 Å². The van der Waals surface area contributed by atoms with E-state index in [2.05, 4.69) is 19.1 Å². The highest BCUT2D eigenvalue weighted by molar-refractivity contribution is 5.42. The van der Waals surface area contributed by atoms with Gasteiger partial charge in [-0.15, -0.1) is 0 Å². The summed E-state index contributed by atoms with van der Waals surface area (Å²) in [7, 11) is 0. The summed E-state index contributed by atoms with van der Waals surface area (Å²) in [5.41, 5.74) is 1.87. The average Bonchev–Trinajstić information content (AvgIpc) is 2.46. The minimum atomic E-state index is -0.626. The summed E-state index contributed by atoms with van der Waals surface area (Å²) in [5.74, 6) is 1.31. The van der Waals surface area contributed by atoms with Crippen LogP contribution in [0.2, 0.25) is 0 Å². The van der Waals surface area contributed by atoms with E-state index >= 15 is 0 Å². The molecule has 0 aliphatic carbocycles. The van der Waals surface area contributed by atoms with Gasteiger partial charge in [-0.2, -0.15) is 0 Å². The van der Waals surface area contributed by atoms with Gasteiger partial charge in [-0.05, 0) is 33.3 Å². The van der Waals surface area contributed by atoms with Gasteiger partial charge in [0.05, 0.1) is 12.2 Å². The maximum absolute atomic E-state index is 9.82. The number of hydrogen-bond acceptors (Lipinski definition) is 2. The van der Waals surface area contributed by atoms with Crippen LogP contribution in [-0.4, -0.2) is 17.3 Å². The molecular formula is C13H18O2. The zero-order valence-electron chi connectivity index (χ0n) is 9.58. The highest BCUT2D eigenvalue weighted by Crippen LogP contribution is 2.38. The van der Waals surface area contributed by atoms with Crippen LogP contribution in [0.25, 0.3) is 0 Å². The largest absolute Gasteiger partial charge is 0.493 e. The molecule has 1 atom stereocenters. The van der Waals surface area contributed by atoms with E-state index in [0.29, 0.717) is 12.5 Å². The first kappa shape index (κ1) is 10.5. The van der Waals surface area contributed by atoms with E-state index in [1.165, 1.54) is 11.1 Å². The predicted molar refractivity (Wildman–Crippen MR) is 60.3 cm³/mol. The Balaban J connectivity index is 2.24. The van der Waals surface area contributed by atoms with Gasteiger partial charge in [0.15, 0.2) is 0 Å². The van der Waals surface area contributed by atoms with Gasteiger partial charge < -0.3 is 9.84 Å². The van der Waals surface area contributed by atoms with Gasteiger partial charge in [-0.25, -0.2) is 0 Å². The normalized spacial score (nSPS) is 19.9. The second kappa shape index (κ2) is 3.53. The zero-order valence-corrected chi connectivity index (χ0v) is 9.58. The van der Waals surface area contributed by atoms with Crippen LogP contribution in [0.4, 0.5) is 0 Å². The third kappa shape index (κ3) is 2.32. The van der Waals surface area contributed by atoms with E-state index < -0.39 is 5.60 Å². The molecule has 2 nitrogen and oxygen atoms in total. The maximum Gasteiger partial charge on any atom is 0.122 e. The Morgan fingerprint density at radius 3 is 2.87 bits per heavy atom. The highest BCUT2D eigenvalue weighted by Gasteiger charge is 2.29. The predicted octanol–water partition coefficient (Wildman–Crippen LogP) is 2.63. The van der Waals surface area contributed by atoms with Crippen molar-refractivity contribution in [1.29, 1.82) is 0 Å². The van der Waals surface area contributed by atoms with Crippen molar-refractivity contribution in [2.75, 3.05) is 6.61 Å². The van der Waals surface area contributed by atoms with Gasteiger partial charge in [0.1, 0.15) is 5.75 Å². The molecule has 1 aliphatic heterocycles. The third-order valence-corrected chi connectivity index (χ3v) is 2.79. The summed E-state index contributed by atoms with van der Waals surface area (Å²) < 4.78 is 5.60. The molecule has 2 rings (SSSR count). The first-order valence-electron chi connectivity index (χ1n) is 5.41. The Bertz CT molecular complexity index is 363. The van der Waals surface area contributed by atoms with Crippen LogP contribution in [0.15, 0.2) is 18.2 Å². The number of hydrogen-bond donors (Lipinski definition) is 1. The van der Waals surface area contributed by atoms with E-state index in [9.17, 15) is 5.11 Å². The molecule has 0 fully saturated rings. The second-order valence-corrected chi connectivity index (χ2v) is 5.07. The first-order valence-corrected chi connectivity index (χ1v) is 5.41. The fraction of sp³-hybridized carbons (Fsp3) is 0.538. The molecule has 15 heavy (non-hydrogen) atoms. The molecule has 1 N–H and O–H groups in total. The molecule has 1 heterocycles. The van der Waals surface area contributed by atoms with Gasteiger partial charge in [-0.3, -0.25) is 0 Å². The van der Waals surface area contributed by atoms with Gasteiger partial charge in [-0.1, -0.05) is 17.7 Å².